The second-order valence-electron chi connectivity index (χ2n) is 6.07. The summed E-state index contributed by atoms with van der Waals surface area (Å²) >= 11 is 0. The molecule has 2 atom stereocenters. The molecule has 0 saturated carbocycles. The van der Waals surface area contributed by atoms with E-state index in [-0.39, 0.29) is 17.0 Å². The number of likely N-dealkylation sites (tertiary alicyclic amines) is 1. The van der Waals surface area contributed by atoms with Crippen LogP contribution in [0.25, 0.3) is 0 Å². The Morgan fingerprint density at radius 3 is 2.79 bits per heavy atom. The minimum absolute atomic E-state index is 0.183. The number of amides is 1. The van der Waals surface area contributed by atoms with E-state index in [1.165, 1.54) is 6.07 Å². The minimum atomic E-state index is -0.432. The van der Waals surface area contributed by atoms with Crippen LogP contribution in [0.1, 0.15) is 24.2 Å². The molecule has 4 heteroatoms. The van der Waals surface area contributed by atoms with Crippen LogP contribution in [0.2, 0.25) is 0 Å². The highest BCUT2D eigenvalue weighted by Crippen LogP contribution is 2.41. The Labute approximate surface area is 112 Å². The molecule has 3 nitrogen and oxygen atoms in total. The van der Waals surface area contributed by atoms with Gasteiger partial charge in [-0.15, -0.1) is 0 Å². The number of nitrogens with zero attached hydrogens (tertiary/aromatic N) is 1. The maximum Gasteiger partial charge on any atom is 0.257 e. The molecule has 2 fully saturated rings. The van der Waals surface area contributed by atoms with Gasteiger partial charge in [0.05, 0.1) is 5.56 Å². The van der Waals surface area contributed by atoms with Crippen molar-refractivity contribution in [2.75, 3.05) is 19.6 Å². The molecule has 2 aliphatic rings. The van der Waals surface area contributed by atoms with E-state index in [0.29, 0.717) is 11.8 Å². The van der Waals surface area contributed by atoms with Crippen LogP contribution in [0.4, 0.5) is 4.39 Å². The number of hydrogen-bond donors (Lipinski definition) is 1. The van der Waals surface area contributed by atoms with E-state index < -0.39 is 5.82 Å². The van der Waals surface area contributed by atoms with Gasteiger partial charge in [-0.05, 0) is 37.8 Å². The van der Waals surface area contributed by atoms with Crippen molar-refractivity contribution in [3.05, 3.63) is 35.6 Å². The monoisotopic (exact) mass is 262 g/mol. The molecule has 3 rings (SSSR count). The first kappa shape index (κ1) is 12.6. The summed E-state index contributed by atoms with van der Waals surface area (Å²) in [6, 6.07) is 6.24. The Morgan fingerprint density at radius 2 is 2.11 bits per heavy atom. The lowest BCUT2D eigenvalue weighted by atomic mass is 9.84. The van der Waals surface area contributed by atoms with Crippen molar-refractivity contribution >= 4 is 5.91 Å². The third-order valence-corrected chi connectivity index (χ3v) is 4.71. The van der Waals surface area contributed by atoms with Gasteiger partial charge in [-0.3, -0.25) is 4.79 Å². The summed E-state index contributed by atoms with van der Waals surface area (Å²) < 4.78 is 13.8. The molecule has 102 valence electrons. The number of rotatable bonds is 1. The van der Waals surface area contributed by atoms with E-state index >= 15 is 0 Å². The average molecular weight is 262 g/mol. The second-order valence-corrected chi connectivity index (χ2v) is 6.07. The lowest BCUT2D eigenvalue weighted by molar-refractivity contribution is 0.0598. The van der Waals surface area contributed by atoms with E-state index in [1.807, 2.05) is 4.90 Å². The smallest absolute Gasteiger partial charge is 0.257 e. The summed E-state index contributed by atoms with van der Waals surface area (Å²) in [5.41, 5.74) is -0.0309. The Morgan fingerprint density at radius 1 is 1.37 bits per heavy atom. The highest BCUT2D eigenvalue weighted by atomic mass is 19.1. The first-order chi connectivity index (χ1) is 9.01. The van der Waals surface area contributed by atoms with Crippen LogP contribution in [0, 0.1) is 17.7 Å². The van der Waals surface area contributed by atoms with Gasteiger partial charge < -0.3 is 10.2 Å². The molecule has 1 amide bonds. The van der Waals surface area contributed by atoms with Gasteiger partial charge in [-0.2, -0.15) is 0 Å². The molecular formula is C15H19FN2O. The summed E-state index contributed by atoms with van der Waals surface area (Å²) in [4.78, 5) is 14.4. The maximum absolute atomic E-state index is 13.8. The number of carbonyl (C=O) groups is 1. The first-order valence-electron chi connectivity index (χ1n) is 6.79. The molecular weight excluding hydrogens is 243 g/mol. The molecule has 0 radical (unpaired) electrons. The summed E-state index contributed by atoms with van der Waals surface area (Å²) in [5, 5.41) is 3.38. The molecule has 0 bridgehead atoms. The zero-order chi connectivity index (χ0) is 13.6. The Hall–Kier alpha value is -1.42. The normalized spacial score (nSPS) is 28.5. The van der Waals surface area contributed by atoms with Gasteiger partial charge in [0, 0.05) is 25.2 Å². The number of nitrogens with one attached hydrogen (secondary N) is 1. The van der Waals surface area contributed by atoms with Gasteiger partial charge in [-0.25, -0.2) is 4.39 Å². The van der Waals surface area contributed by atoms with Gasteiger partial charge in [0.2, 0.25) is 0 Å². The lowest BCUT2D eigenvalue weighted by Crippen LogP contribution is -2.47. The number of halogens is 1. The predicted molar refractivity (Wildman–Crippen MR) is 71.4 cm³/mol. The van der Waals surface area contributed by atoms with Crippen LogP contribution in [-0.2, 0) is 0 Å². The number of benzene rings is 1. The molecule has 2 heterocycles. The van der Waals surface area contributed by atoms with Crippen LogP contribution in [0.3, 0.4) is 0 Å². The van der Waals surface area contributed by atoms with Gasteiger partial charge in [0.15, 0.2) is 0 Å². The third-order valence-electron chi connectivity index (χ3n) is 4.71. The molecule has 2 aliphatic heterocycles. The van der Waals surface area contributed by atoms with Crippen LogP contribution >= 0.6 is 0 Å². The van der Waals surface area contributed by atoms with E-state index in [1.54, 1.807) is 18.2 Å². The molecule has 1 N–H and O–H groups in total. The molecule has 1 aromatic carbocycles. The van der Waals surface area contributed by atoms with Gasteiger partial charge in [-0.1, -0.05) is 12.1 Å². The van der Waals surface area contributed by atoms with E-state index in [0.717, 1.165) is 19.6 Å². The van der Waals surface area contributed by atoms with Crippen LogP contribution in [0.5, 0.6) is 0 Å². The molecule has 19 heavy (non-hydrogen) atoms. The van der Waals surface area contributed by atoms with Crippen molar-refractivity contribution in [3.8, 4) is 0 Å². The topological polar surface area (TPSA) is 32.3 Å². The quantitative estimate of drug-likeness (QED) is 0.838. The predicted octanol–water partition coefficient (Wildman–Crippen LogP) is 1.90. The fourth-order valence-corrected chi connectivity index (χ4v) is 3.55. The largest absolute Gasteiger partial charge is 0.333 e. The minimum Gasteiger partial charge on any atom is -0.333 e. The van der Waals surface area contributed by atoms with E-state index in [2.05, 4.69) is 19.2 Å². The SMILES string of the molecule is CC1(C)C2CNCC2CN1C(=O)c1ccccc1F. The Bertz CT molecular complexity index is 515. The highest BCUT2D eigenvalue weighted by Gasteiger charge is 2.51. The fourth-order valence-electron chi connectivity index (χ4n) is 3.55. The molecule has 2 unspecified atom stereocenters. The molecule has 2 saturated heterocycles. The summed E-state index contributed by atoms with van der Waals surface area (Å²) in [6.07, 6.45) is 0. The summed E-state index contributed by atoms with van der Waals surface area (Å²) in [6.45, 7) is 6.79. The zero-order valence-corrected chi connectivity index (χ0v) is 11.3. The molecule has 0 aliphatic carbocycles. The summed E-state index contributed by atoms with van der Waals surface area (Å²) in [7, 11) is 0. The van der Waals surface area contributed by atoms with Crippen molar-refractivity contribution in [1.82, 2.24) is 10.2 Å². The van der Waals surface area contributed by atoms with Gasteiger partial charge in [0.25, 0.3) is 5.91 Å². The number of carbonyl (C=O) groups excluding carboxylic acids is 1. The first-order valence-corrected chi connectivity index (χ1v) is 6.79. The second kappa shape index (κ2) is 4.30. The third kappa shape index (κ3) is 1.86. The number of fused-ring (bicyclic) bond motifs is 1. The fraction of sp³-hybridized carbons (Fsp3) is 0.533. The Kier molecular flexibility index (Phi) is 2.86. The average Bonchev–Trinajstić information content (AvgIpc) is 2.92. The van der Waals surface area contributed by atoms with Crippen molar-refractivity contribution in [2.45, 2.75) is 19.4 Å². The molecule has 1 aromatic rings. The van der Waals surface area contributed by atoms with Crippen LogP contribution in [-0.4, -0.2) is 36.0 Å². The summed E-state index contributed by atoms with van der Waals surface area (Å²) in [5.74, 6) is 0.338. The van der Waals surface area contributed by atoms with Crippen LogP contribution in [0.15, 0.2) is 24.3 Å². The van der Waals surface area contributed by atoms with E-state index in [4.69, 9.17) is 0 Å². The van der Waals surface area contributed by atoms with Crippen molar-refractivity contribution in [1.29, 1.82) is 0 Å². The van der Waals surface area contributed by atoms with Crippen molar-refractivity contribution < 1.29 is 9.18 Å². The highest BCUT2D eigenvalue weighted by molar-refractivity contribution is 5.95. The van der Waals surface area contributed by atoms with Crippen molar-refractivity contribution in [3.63, 3.8) is 0 Å². The van der Waals surface area contributed by atoms with Crippen molar-refractivity contribution in [2.24, 2.45) is 11.8 Å². The lowest BCUT2D eigenvalue weighted by Gasteiger charge is -2.35. The van der Waals surface area contributed by atoms with Gasteiger partial charge >= 0.3 is 0 Å². The van der Waals surface area contributed by atoms with Gasteiger partial charge in [0.1, 0.15) is 5.82 Å². The van der Waals surface area contributed by atoms with E-state index in [9.17, 15) is 9.18 Å². The number of hydrogen-bond acceptors (Lipinski definition) is 2. The molecule has 0 aromatic heterocycles. The van der Waals surface area contributed by atoms with Crippen LogP contribution < -0.4 is 5.32 Å². The zero-order valence-electron chi connectivity index (χ0n) is 11.3. The maximum atomic E-state index is 13.8. The standard InChI is InChI=1S/C15H19FN2O/c1-15(2)12-8-17-7-10(12)9-18(15)14(19)11-5-3-4-6-13(11)16/h3-6,10,12,17H,7-9H2,1-2H3. The molecule has 0 spiro atoms. The Balaban J connectivity index is 1.91.